The van der Waals surface area contributed by atoms with Crippen molar-refractivity contribution in [2.75, 3.05) is 11.4 Å². The molecule has 1 N–H and O–H groups in total. The number of amides is 2. The molecule has 0 fully saturated rings. The number of hydrogen-bond acceptors (Lipinski definition) is 2. The fraction of sp³-hybridized carbons (Fsp3) is 0.263. The lowest BCUT2D eigenvalue weighted by molar-refractivity contribution is -0.123. The Morgan fingerprint density at radius 3 is 2.42 bits per heavy atom. The second-order valence-corrected chi connectivity index (χ2v) is 6.60. The molecule has 0 bridgehead atoms. The Balaban J connectivity index is 2.05. The van der Waals surface area contributed by atoms with Crippen molar-refractivity contribution in [3.8, 4) is 0 Å². The standard InChI is InChI=1S/C19H21BrN2O2/c1-13-6-4-5-7-16(13)11-21-19(24)12-22(15(3)23)17-8-9-18(20)14(2)10-17/h4-10H,11-12H2,1-3H3,(H,21,24). The van der Waals surface area contributed by atoms with Crippen molar-refractivity contribution in [3.05, 3.63) is 63.6 Å². The number of carbonyl (C=O) groups excluding carboxylic acids is 2. The summed E-state index contributed by atoms with van der Waals surface area (Å²) in [5.41, 5.74) is 3.93. The third-order valence-corrected chi connectivity index (χ3v) is 4.76. The SMILES string of the molecule is CC(=O)N(CC(=O)NCc1ccccc1C)c1ccc(Br)c(C)c1. The van der Waals surface area contributed by atoms with Crippen LogP contribution in [0.2, 0.25) is 0 Å². The van der Waals surface area contributed by atoms with E-state index < -0.39 is 0 Å². The molecule has 5 heteroatoms. The van der Waals surface area contributed by atoms with E-state index in [4.69, 9.17) is 0 Å². The van der Waals surface area contributed by atoms with Gasteiger partial charge in [0.2, 0.25) is 11.8 Å². The average molecular weight is 389 g/mol. The van der Waals surface area contributed by atoms with Crippen LogP contribution in [0.25, 0.3) is 0 Å². The second-order valence-electron chi connectivity index (χ2n) is 5.74. The molecule has 0 aliphatic heterocycles. The van der Waals surface area contributed by atoms with Crippen LogP contribution in [0.5, 0.6) is 0 Å². The van der Waals surface area contributed by atoms with E-state index in [1.54, 1.807) is 0 Å². The molecule has 0 heterocycles. The van der Waals surface area contributed by atoms with Gasteiger partial charge in [-0.1, -0.05) is 40.2 Å². The van der Waals surface area contributed by atoms with E-state index in [2.05, 4.69) is 21.2 Å². The Morgan fingerprint density at radius 2 is 1.79 bits per heavy atom. The molecule has 0 radical (unpaired) electrons. The van der Waals surface area contributed by atoms with Crippen LogP contribution < -0.4 is 10.2 Å². The number of halogens is 1. The summed E-state index contributed by atoms with van der Waals surface area (Å²) in [6, 6.07) is 13.5. The lowest BCUT2D eigenvalue weighted by Gasteiger charge is -2.21. The van der Waals surface area contributed by atoms with Gasteiger partial charge in [0.05, 0.1) is 0 Å². The highest BCUT2D eigenvalue weighted by Crippen LogP contribution is 2.23. The highest BCUT2D eigenvalue weighted by atomic mass is 79.9. The molecule has 0 aliphatic rings. The summed E-state index contributed by atoms with van der Waals surface area (Å²) in [7, 11) is 0. The van der Waals surface area contributed by atoms with Gasteiger partial charge in [0.25, 0.3) is 0 Å². The molecule has 0 atom stereocenters. The molecule has 0 saturated carbocycles. The van der Waals surface area contributed by atoms with Crippen LogP contribution in [0.1, 0.15) is 23.6 Å². The number of nitrogens with one attached hydrogen (secondary N) is 1. The average Bonchev–Trinajstić information content (AvgIpc) is 2.54. The normalized spacial score (nSPS) is 10.3. The summed E-state index contributed by atoms with van der Waals surface area (Å²) in [5.74, 6) is -0.350. The molecule has 0 unspecified atom stereocenters. The zero-order valence-electron chi connectivity index (χ0n) is 14.1. The molecule has 2 aromatic carbocycles. The Hall–Kier alpha value is -2.14. The highest BCUT2D eigenvalue weighted by molar-refractivity contribution is 9.10. The van der Waals surface area contributed by atoms with Gasteiger partial charge in [-0.05, 0) is 48.7 Å². The van der Waals surface area contributed by atoms with Gasteiger partial charge in [-0.25, -0.2) is 0 Å². The van der Waals surface area contributed by atoms with E-state index in [9.17, 15) is 9.59 Å². The number of carbonyl (C=O) groups is 2. The zero-order chi connectivity index (χ0) is 17.7. The maximum absolute atomic E-state index is 12.3. The maximum Gasteiger partial charge on any atom is 0.240 e. The lowest BCUT2D eigenvalue weighted by atomic mass is 10.1. The minimum atomic E-state index is -0.186. The fourth-order valence-corrected chi connectivity index (χ4v) is 2.63. The zero-order valence-corrected chi connectivity index (χ0v) is 15.7. The molecule has 0 spiro atoms. The predicted octanol–water partition coefficient (Wildman–Crippen LogP) is 3.74. The van der Waals surface area contributed by atoms with E-state index in [1.165, 1.54) is 11.8 Å². The van der Waals surface area contributed by atoms with Crippen molar-refractivity contribution >= 4 is 33.4 Å². The first kappa shape index (κ1) is 18.2. The number of aryl methyl sites for hydroxylation is 2. The van der Waals surface area contributed by atoms with Crippen molar-refractivity contribution < 1.29 is 9.59 Å². The van der Waals surface area contributed by atoms with Crippen molar-refractivity contribution in [1.82, 2.24) is 5.32 Å². The first-order chi connectivity index (χ1) is 11.4. The monoisotopic (exact) mass is 388 g/mol. The Kier molecular flexibility index (Phi) is 6.15. The molecule has 2 rings (SSSR count). The lowest BCUT2D eigenvalue weighted by Crippen LogP contribution is -2.39. The number of anilines is 1. The number of hydrogen-bond donors (Lipinski definition) is 1. The van der Waals surface area contributed by atoms with Crippen LogP contribution in [-0.4, -0.2) is 18.4 Å². The summed E-state index contributed by atoms with van der Waals surface area (Å²) >= 11 is 3.44. The summed E-state index contributed by atoms with van der Waals surface area (Å²) in [5, 5.41) is 2.88. The Bertz CT molecular complexity index is 759. The minimum absolute atomic E-state index is 0.00227. The van der Waals surface area contributed by atoms with E-state index in [0.717, 1.165) is 21.2 Å². The molecule has 0 aromatic heterocycles. The largest absolute Gasteiger partial charge is 0.350 e. The maximum atomic E-state index is 12.3. The molecule has 24 heavy (non-hydrogen) atoms. The van der Waals surface area contributed by atoms with Crippen molar-refractivity contribution in [3.63, 3.8) is 0 Å². The summed E-state index contributed by atoms with van der Waals surface area (Å²) < 4.78 is 0.971. The summed E-state index contributed by atoms with van der Waals surface area (Å²) in [6.45, 7) is 5.88. The van der Waals surface area contributed by atoms with Crippen LogP contribution >= 0.6 is 15.9 Å². The molecule has 0 aliphatic carbocycles. The van der Waals surface area contributed by atoms with Gasteiger partial charge in [-0.3, -0.25) is 9.59 Å². The molecule has 2 amide bonds. The van der Waals surface area contributed by atoms with Gasteiger partial charge in [-0.2, -0.15) is 0 Å². The van der Waals surface area contributed by atoms with Crippen molar-refractivity contribution in [2.45, 2.75) is 27.3 Å². The van der Waals surface area contributed by atoms with E-state index in [0.29, 0.717) is 12.2 Å². The van der Waals surface area contributed by atoms with Gasteiger partial charge < -0.3 is 10.2 Å². The van der Waals surface area contributed by atoms with Crippen LogP contribution in [0.15, 0.2) is 46.9 Å². The third-order valence-electron chi connectivity index (χ3n) is 3.87. The Labute approximate surface area is 151 Å². The summed E-state index contributed by atoms with van der Waals surface area (Å²) in [4.78, 5) is 25.7. The van der Waals surface area contributed by atoms with E-state index in [1.807, 2.05) is 56.3 Å². The predicted molar refractivity (Wildman–Crippen MR) is 99.9 cm³/mol. The minimum Gasteiger partial charge on any atom is -0.350 e. The van der Waals surface area contributed by atoms with Gasteiger partial charge in [0.15, 0.2) is 0 Å². The van der Waals surface area contributed by atoms with Crippen LogP contribution in [-0.2, 0) is 16.1 Å². The van der Waals surface area contributed by atoms with Gasteiger partial charge in [-0.15, -0.1) is 0 Å². The van der Waals surface area contributed by atoms with E-state index in [-0.39, 0.29) is 18.4 Å². The van der Waals surface area contributed by atoms with Crippen molar-refractivity contribution in [2.24, 2.45) is 0 Å². The number of benzene rings is 2. The van der Waals surface area contributed by atoms with Crippen molar-refractivity contribution in [1.29, 1.82) is 0 Å². The topological polar surface area (TPSA) is 49.4 Å². The fourth-order valence-electron chi connectivity index (χ4n) is 2.38. The molecular formula is C19H21BrN2O2. The third kappa shape index (κ3) is 4.68. The molecule has 2 aromatic rings. The molecule has 0 saturated heterocycles. The van der Waals surface area contributed by atoms with Gasteiger partial charge in [0.1, 0.15) is 6.54 Å². The van der Waals surface area contributed by atoms with Crippen LogP contribution in [0.4, 0.5) is 5.69 Å². The first-order valence-electron chi connectivity index (χ1n) is 7.74. The Morgan fingerprint density at radius 1 is 1.08 bits per heavy atom. The van der Waals surface area contributed by atoms with E-state index >= 15 is 0 Å². The molecule has 126 valence electrons. The van der Waals surface area contributed by atoms with Crippen LogP contribution in [0.3, 0.4) is 0 Å². The quantitative estimate of drug-likeness (QED) is 0.847. The van der Waals surface area contributed by atoms with Gasteiger partial charge in [0, 0.05) is 23.6 Å². The first-order valence-corrected chi connectivity index (χ1v) is 8.53. The number of rotatable bonds is 5. The number of nitrogens with zero attached hydrogens (tertiary/aromatic N) is 1. The molecule has 4 nitrogen and oxygen atoms in total. The van der Waals surface area contributed by atoms with Gasteiger partial charge >= 0.3 is 0 Å². The molecular weight excluding hydrogens is 368 g/mol. The summed E-state index contributed by atoms with van der Waals surface area (Å²) in [6.07, 6.45) is 0. The van der Waals surface area contributed by atoms with Crippen LogP contribution in [0, 0.1) is 13.8 Å². The smallest absolute Gasteiger partial charge is 0.240 e. The highest BCUT2D eigenvalue weighted by Gasteiger charge is 2.16. The second kappa shape index (κ2) is 8.11.